The summed E-state index contributed by atoms with van der Waals surface area (Å²) in [6.45, 7) is 1.82. The van der Waals surface area contributed by atoms with Crippen molar-refractivity contribution >= 4 is 23.6 Å². The SMILES string of the molecule is CSc1ccc(C(CC(=O)O)NC(=O)C(C)c2ccccc2)cc1. The molecule has 0 spiro atoms. The molecule has 5 heteroatoms. The number of hydrogen-bond donors (Lipinski definition) is 2. The number of carboxylic acid groups (broad SMARTS) is 1. The highest BCUT2D eigenvalue weighted by Crippen LogP contribution is 2.23. The number of hydrogen-bond acceptors (Lipinski definition) is 3. The molecule has 0 fully saturated rings. The molecule has 0 aromatic heterocycles. The van der Waals surface area contributed by atoms with Crippen molar-refractivity contribution in [1.82, 2.24) is 5.32 Å². The van der Waals surface area contributed by atoms with Crippen LogP contribution in [-0.2, 0) is 9.59 Å². The average Bonchev–Trinajstić information content (AvgIpc) is 2.61. The summed E-state index contributed by atoms with van der Waals surface area (Å²) in [6.07, 6.45) is 1.83. The van der Waals surface area contributed by atoms with Crippen molar-refractivity contribution < 1.29 is 14.7 Å². The molecule has 2 N–H and O–H groups in total. The van der Waals surface area contributed by atoms with Gasteiger partial charge in [0.15, 0.2) is 0 Å². The molecule has 2 aromatic rings. The number of carbonyl (C=O) groups excluding carboxylic acids is 1. The van der Waals surface area contributed by atoms with E-state index in [-0.39, 0.29) is 18.2 Å². The lowest BCUT2D eigenvalue weighted by atomic mass is 9.98. The van der Waals surface area contributed by atoms with Gasteiger partial charge >= 0.3 is 5.97 Å². The van der Waals surface area contributed by atoms with Gasteiger partial charge < -0.3 is 10.4 Å². The van der Waals surface area contributed by atoms with Gasteiger partial charge in [-0.25, -0.2) is 0 Å². The number of carboxylic acids is 1. The molecule has 2 atom stereocenters. The second-order valence-corrected chi connectivity index (χ2v) is 6.44. The number of thioether (sulfide) groups is 1. The fraction of sp³-hybridized carbons (Fsp3) is 0.263. The van der Waals surface area contributed by atoms with Crippen molar-refractivity contribution in [3.63, 3.8) is 0 Å². The van der Waals surface area contributed by atoms with Crippen LogP contribution in [-0.4, -0.2) is 23.2 Å². The smallest absolute Gasteiger partial charge is 0.305 e. The van der Waals surface area contributed by atoms with Crippen LogP contribution in [0.15, 0.2) is 59.5 Å². The molecular formula is C19H21NO3S. The van der Waals surface area contributed by atoms with E-state index in [1.165, 1.54) is 0 Å². The lowest BCUT2D eigenvalue weighted by Crippen LogP contribution is -2.33. The van der Waals surface area contributed by atoms with Crippen molar-refractivity contribution in [3.05, 3.63) is 65.7 Å². The Morgan fingerprint density at radius 3 is 2.21 bits per heavy atom. The minimum atomic E-state index is -0.943. The molecule has 0 saturated heterocycles. The number of amides is 1. The van der Waals surface area contributed by atoms with Gasteiger partial charge in [-0.3, -0.25) is 9.59 Å². The lowest BCUT2D eigenvalue weighted by molar-refractivity contribution is -0.137. The zero-order chi connectivity index (χ0) is 17.5. The molecule has 2 unspecified atom stereocenters. The fourth-order valence-corrected chi connectivity index (χ4v) is 2.86. The van der Waals surface area contributed by atoms with Crippen molar-refractivity contribution in [2.45, 2.75) is 30.2 Å². The van der Waals surface area contributed by atoms with Crippen LogP contribution >= 0.6 is 11.8 Å². The monoisotopic (exact) mass is 343 g/mol. The molecule has 126 valence electrons. The molecule has 0 aliphatic rings. The Morgan fingerprint density at radius 2 is 1.67 bits per heavy atom. The molecule has 0 bridgehead atoms. The molecule has 0 radical (unpaired) electrons. The van der Waals surface area contributed by atoms with Gasteiger partial charge in [0, 0.05) is 4.90 Å². The van der Waals surface area contributed by atoms with Crippen molar-refractivity contribution in [2.24, 2.45) is 0 Å². The van der Waals surface area contributed by atoms with Crippen molar-refractivity contribution in [2.75, 3.05) is 6.26 Å². The van der Waals surface area contributed by atoms with Gasteiger partial charge in [0.1, 0.15) is 0 Å². The fourth-order valence-electron chi connectivity index (χ4n) is 2.45. The van der Waals surface area contributed by atoms with E-state index in [1.54, 1.807) is 11.8 Å². The first-order valence-electron chi connectivity index (χ1n) is 7.72. The van der Waals surface area contributed by atoms with Crippen LogP contribution in [0.25, 0.3) is 0 Å². The molecule has 0 heterocycles. The van der Waals surface area contributed by atoms with E-state index in [1.807, 2.05) is 67.8 Å². The largest absolute Gasteiger partial charge is 0.481 e. The van der Waals surface area contributed by atoms with E-state index in [2.05, 4.69) is 5.32 Å². The maximum Gasteiger partial charge on any atom is 0.305 e. The van der Waals surface area contributed by atoms with Gasteiger partial charge in [0.25, 0.3) is 0 Å². The second-order valence-electron chi connectivity index (χ2n) is 5.56. The summed E-state index contributed by atoms with van der Waals surface area (Å²) in [6, 6.07) is 16.5. The van der Waals surface area contributed by atoms with Gasteiger partial charge in [-0.2, -0.15) is 0 Å². The Morgan fingerprint density at radius 1 is 1.04 bits per heavy atom. The van der Waals surface area contributed by atoms with Gasteiger partial charge in [-0.1, -0.05) is 42.5 Å². The van der Waals surface area contributed by atoms with Crippen LogP contribution in [0.4, 0.5) is 0 Å². The minimum Gasteiger partial charge on any atom is -0.481 e. The minimum absolute atomic E-state index is 0.147. The topological polar surface area (TPSA) is 66.4 Å². The van der Waals surface area contributed by atoms with Crippen LogP contribution in [0.3, 0.4) is 0 Å². The summed E-state index contributed by atoms with van der Waals surface area (Å²) in [5.74, 6) is -1.46. The first-order chi connectivity index (χ1) is 11.5. The van der Waals surface area contributed by atoms with Crippen LogP contribution in [0.1, 0.15) is 36.4 Å². The number of benzene rings is 2. The first-order valence-corrected chi connectivity index (χ1v) is 8.94. The molecule has 0 aliphatic heterocycles. The molecule has 4 nitrogen and oxygen atoms in total. The van der Waals surface area contributed by atoms with E-state index in [0.29, 0.717) is 0 Å². The van der Waals surface area contributed by atoms with Crippen LogP contribution < -0.4 is 5.32 Å². The van der Waals surface area contributed by atoms with E-state index < -0.39 is 12.0 Å². The standard InChI is InChI=1S/C19H21NO3S/c1-13(14-6-4-3-5-7-14)19(23)20-17(12-18(21)22)15-8-10-16(24-2)11-9-15/h3-11,13,17H,12H2,1-2H3,(H,20,23)(H,21,22). The van der Waals surface area contributed by atoms with Gasteiger partial charge in [-0.05, 0) is 36.4 Å². The number of carbonyl (C=O) groups is 2. The van der Waals surface area contributed by atoms with Gasteiger partial charge in [0.05, 0.1) is 18.4 Å². The van der Waals surface area contributed by atoms with Crippen LogP contribution in [0.5, 0.6) is 0 Å². The van der Waals surface area contributed by atoms with E-state index >= 15 is 0 Å². The van der Waals surface area contributed by atoms with E-state index in [4.69, 9.17) is 5.11 Å². The maximum absolute atomic E-state index is 12.5. The highest BCUT2D eigenvalue weighted by molar-refractivity contribution is 7.98. The van der Waals surface area contributed by atoms with Gasteiger partial charge in [0.2, 0.25) is 5.91 Å². The molecule has 2 aromatic carbocycles. The second kappa shape index (κ2) is 8.55. The number of nitrogens with one attached hydrogen (secondary N) is 1. The lowest BCUT2D eigenvalue weighted by Gasteiger charge is -2.20. The van der Waals surface area contributed by atoms with Crippen LogP contribution in [0.2, 0.25) is 0 Å². The third kappa shape index (κ3) is 4.86. The Kier molecular flexibility index (Phi) is 6.44. The first kappa shape index (κ1) is 18.1. The molecule has 0 saturated carbocycles. The summed E-state index contributed by atoms with van der Waals surface area (Å²) < 4.78 is 0. The molecule has 2 rings (SSSR count). The molecule has 1 amide bonds. The molecule has 0 aliphatic carbocycles. The molecule has 24 heavy (non-hydrogen) atoms. The highest BCUT2D eigenvalue weighted by Gasteiger charge is 2.22. The number of rotatable bonds is 7. The third-order valence-corrected chi connectivity index (χ3v) is 4.65. The Labute approximate surface area is 146 Å². The van der Waals surface area contributed by atoms with Crippen LogP contribution in [0, 0.1) is 0 Å². The summed E-state index contributed by atoms with van der Waals surface area (Å²) in [7, 11) is 0. The normalized spacial score (nSPS) is 13.1. The Hall–Kier alpha value is -2.27. The van der Waals surface area contributed by atoms with Gasteiger partial charge in [-0.15, -0.1) is 11.8 Å². The quantitative estimate of drug-likeness (QED) is 0.750. The summed E-state index contributed by atoms with van der Waals surface area (Å²) in [4.78, 5) is 24.8. The maximum atomic E-state index is 12.5. The Balaban J connectivity index is 2.15. The van der Waals surface area contributed by atoms with E-state index in [9.17, 15) is 9.59 Å². The summed E-state index contributed by atoms with van der Waals surface area (Å²) >= 11 is 1.62. The summed E-state index contributed by atoms with van der Waals surface area (Å²) in [5.41, 5.74) is 1.70. The summed E-state index contributed by atoms with van der Waals surface area (Å²) in [5, 5.41) is 12.0. The zero-order valence-electron chi connectivity index (χ0n) is 13.7. The number of aliphatic carboxylic acids is 1. The van der Waals surface area contributed by atoms with E-state index in [0.717, 1.165) is 16.0 Å². The van der Waals surface area contributed by atoms with Crippen molar-refractivity contribution in [1.29, 1.82) is 0 Å². The highest BCUT2D eigenvalue weighted by atomic mass is 32.2. The predicted molar refractivity (Wildman–Crippen MR) is 96.2 cm³/mol. The Bertz CT molecular complexity index is 686. The third-order valence-electron chi connectivity index (χ3n) is 3.91. The van der Waals surface area contributed by atoms with Crippen molar-refractivity contribution in [3.8, 4) is 0 Å². The predicted octanol–water partition coefficient (Wildman–Crippen LogP) is 3.84. The average molecular weight is 343 g/mol. The molecular weight excluding hydrogens is 322 g/mol. The zero-order valence-corrected chi connectivity index (χ0v) is 14.5.